The fraction of sp³-hybridized carbons (Fsp3) is 0.462. The Hall–Kier alpha value is -1.84. The molecule has 20 heavy (non-hydrogen) atoms. The van der Waals surface area contributed by atoms with E-state index in [4.69, 9.17) is 21.6 Å². The largest absolute Gasteiger partial charge is 0.489 e. The standard InChI is InChI=1S/C13H16ClN3O3/c1-3-6-16-13(2,8-15)9-20-12-7-10(17(18)19)4-5-11(12)14/h4-5,7,16H,3,6,9H2,1-2H3. The minimum absolute atomic E-state index is 0.0460. The lowest BCUT2D eigenvalue weighted by Crippen LogP contribution is -2.46. The van der Waals surface area contributed by atoms with Crippen LogP contribution in [0, 0.1) is 21.4 Å². The van der Waals surface area contributed by atoms with Crippen molar-refractivity contribution in [1.82, 2.24) is 5.32 Å². The molecule has 0 fully saturated rings. The summed E-state index contributed by atoms with van der Waals surface area (Å²) in [5.41, 5.74) is -0.978. The quantitative estimate of drug-likeness (QED) is 0.617. The van der Waals surface area contributed by atoms with Gasteiger partial charge in [0.15, 0.2) is 0 Å². The fourth-order valence-corrected chi connectivity index (χ4v) is 1.63. The van der Waals surface area contributed by atoms with Crippen molar-refractivity contribution in [2.24, 2.45) is 0 Å². The van der Waals surface area contributed by atoms with E-state index in [0.717, 1.165) is 6.42 Å². The Labute approximate surface area is 122 Å². The van der Waals surface area contributed by atoms with Crippen LogP contribution >= 0.6 is 11.6 Å². The van der Waals surface area contributed by atoms with Crippen LogP contribution in [0.4, 0.5) is 5.69 Å². The van der Waals surface area contributed by atoms with Crippen molar-refractivity contribution in [3.8, 4) is 11.8 Å². The molecule has 108 valence electrons. The van der Waals surface area contributed by atoms with Gasteiger partial charge >= 0.3 is 0 Å². The lowest BCUT2D eigenvalue weighted by atomic mass is 10.1. The zero-order valence-electron chi connectivity index (χ0n) is 11.4. The van der Waals surface area contributed by atoms with Crippen molar-refractivity contribution < 1.29 is 9.66 Å². The van der Waals surface area contributed by atoms with Gasteiger partial charge in [0.25, 0.3) is 5.69 Å². The zero-order valence-corrected chi connectivity index (χ0v) is 12.1. The van der Waals surface area contributed by atoms with Gasteiger partial charge in [-0.2, -0.15) is 5.26 Å². The first-order valence-electron chi connectivity index (χ1n) is 6.15. The molecule has 0 saturated heterocycles. The summed E-state index contributed by atoms with van der Waals surface area (Å²) in [5.74, 6) is 0.195. The second kappa shape index (κ2) is 7.08. The SMILES string of the molecule is CCCNC(C)(C#N)COc1cc([N+](=O)[O-])ccc1Cl. The number of hydrogen-bond acceptors (Lipinski definition) is 5. The van der Waals surface area contributed by atoms with Crippen molar-refractivity contribution in [2.45, 2.75) is 25.8 Å². The average molecular weight is 298 g/mol. The van der Waals surface area contributed by atoms with E-state index in [9.17, 15) is 10.1 Å². The molecule has 0 heterocycles. The number of rotatable bonds is 7. The molecule has 0 aliphatic rings. The maximum Gasteiger partial charge on any atom is 0.273 e. The average Bonchev–Trinajstić information content (AvgIpc) is 2.44. The highest BCUT2D eigenvalue weighted by molar-refractivity contribution is 6.32. The normalized spacial score (nSPS) is 13.3. The van der Waals surface area contributed by atoms with Crippen LogP contribution in [0.25, 0.3) is 0 Å². The number of nitrogens with zero attached hydrogens (tertiary/aromatic N) is 2. The Bertz CT molecular complexity index is 530. The molecule has 0 aromatic heterocycles. The number of non-ortho nitro benzene ring substituents is 1. The van der Waals surface area contributed by atoms with Crippen LogP contribution in [0.2, 0.25) is 5.02 Å². The summed E-state index contributed by atoms with van der Waals surface area (Å²) in [5, 5.41) is 23.2. The molecule has 0 amide bonds. The molecule has 0 aliphatic carbocycles. The number of benzene rings is 1. The van der Waals surface area contributed by atoms with E-state index < -0.39 is 10.5 Å². The van der Waals surface area contributed by atoms with Crippen molar-refractivity contribution in [3.63, 3.8) is 0 Å². The maximum absolute atomic E-state index is 10.7. The molecular formula is C13H16ClN3O3. The van der Waals surface area contributed by atoms with Gasteiger partial charge in [-0.25, -0.2) is 0 Å². The molecule has 1 aromatic carbocycles. The summed E-state index contributed by atoms with van der Waals surface area (Å²) in [4.78, 5) is 10.2. The van der Waals surface area contributed by atoms with Crippen LogP contribution in [0.5, 0.6) is 5.75 Å². The molecule has 0 radical (unpaired) electrons. The Morgan fingerprint density at radius 2 is 2.30 bits per heavy atom. The topological polar surface area (TPSA) is 88.2 Å². The van der Waals surface area contributed by atoms with Crippen molar-refractivity contribution in [3.05, 3.63) is 33.3 Å². The van der Waals surface area contributed by atoms with E-state index >= 15 is 0 Å². The third-order valence-corrected chi connectivity index (χ3v) is 2.97. The number of nitro benzene ring substituents is 1. The molecule has 0 spiro atoms. The van der Waals surface area contributed by atoms with Gasteiger partial charge in [-0.15, -0.1) is 0 Å². The number of nitriles is 1. The van der Waals surface area contributed by atoms with Crippen molar-refractivity contribution in [1.29, 1.82) is 5.26 Å². The highest BCUT2D eigenvalue weighted by Gasteiger charge is 2.24. The molecule has 0 aliphatic heterocycles. The second-order valence-electron chi connectivity index (χ2n) is 4.53. The van der Waals surface area contributed by atoms with Gasteiger partial charge in [-0.3, -0.25) is 15.4 Å². The minimum Gasteiger partial charge on any atom is -0.489 e. The molecule has 0 saturated carbocycles. The van der Waals surface area contributed by atoms with Crippen molar-refractivity contribution in [2.75, 3.05) is 13.2 Å². The summed E-state index contributed by atoms with van der Waals surface area (Å²) >= 11 is 5.93. The third-order valence-electron chi connectivity index (χ3n) is 2.65. The van der Waals surface area contributed by atoms with Crippen LogP contribution < -0.4 is 10.1 Å². The highest BCUT2D eigenvalue weighted by Crippen LogP contribution is 2.29. The molecule has 0 bridgehead atoms. The second-order valence-corrected chi connectivity index (χ2v) is 4.94. The minimum atomic E-state index is -0.871. The smallest absolute Gasteiger partial charge is 0.273 e. The van der Waals surface area contributed by atoms with E-state index in [0.29, 0.717) is 6.54 Å². The lowest BCUT2D eigenvalue weighted by molar-refractivity contribution is -0.384. The molecule has 6 nitrogen and oxygen atoms in total. The maximum atomic E-state index is 10.7. The molecular weight excluding hydrogens is 282 g/mol. The van der Waals surface area contributed by atoms with Gasteiger partial charge in [0, 0.05) is 6.07 Å². The first-order chi connectivity index (χ1) is 9.41. The number of ether oxygens (including phenoxy) is 1. The molecule has 1 N–H and O–H groups in total. The van der Waals surface area contributed by atoms with E-state index in [2.05, 4.69) is 11.4 Å². The highest BCUT2D eigenvalue weighted by atomic mass is 35.5. The Morgan fingerprint density at radius 1 is 1.60 bits per heavy atom. The Balaban J connectivity index is 2.80. The fourth-order valence-electron chi connectivity index (χ4n) is 1.46. The number of nitro groups is 1. The Kier molecular flexibility index (Phi) is 5.74. The van der Waals surface area contributed by atoms with E-state index in [1.165, 1.54) is 18.2 Å². The summed E-state index contributed by atoms with van der Waals surface area (Å²) in [6.45, 7) is 4.41. The first-order valence-corrected chi connectivity index (χ1v) is 6.52. The van der Waals surface area contributed by atoms with Crippen LogP contribution in [-0.4, -0.2) is 23.6 Å². The van der Waals surface area contributed by atoms with E-state index in [1.807, 2.05) is 6.92 Å². The molecule has 1 rings (SSSR count). The van der Waals surface area contributed by atoms with E-state index in [-0.39, 0.29) is 23.1 Å². The van der Waals surface area contributed by atoms with Gasteiger partial charge in [-0.1, -0.05) is 18.5 Å². The predicted molar refractivity (Wildman–Crippen MR) is 75.9 cm³/mol. The van der Waals surface area contributed by atoms with Gasteiger partial charge in [0.05, 0.1) is 22.1 Å². The van der Waals surface area contributed by atoms with Gasteiger partial charge < -0.3 is 4.74 Å². The summed E-state index contributed by atoms with van der Waals surface area (Å²) in [6.07, 6.45) is 0.884. The summed E-state index contributed by atoms with van der Waals surface area (Å²) in [6, 6.07) is 6.08. The first kappa shape index (κ1) is 16.2. The molecule has 1 atom stereocenters. The summed E-state index contributed by atoms with van der Waals surface area (Å²) < 4.78 is 5.46. The van der Waals surface area contributed by atoms with Gasteiger partial charge in [0.2, 0.25) is 0 Å². The lowest BCUT2D eigenvalue weighted by Gasteiger charge is -2.23. The Morgan fingerprint density at radius 3 is 2.85 bits per heavy atom. The van der Waals surface area contributed by atoms with Gasteiger partial charge in [0.1, 0.15) is 17.9 Å². The van der Waals surface area contributed by atoms with Crippen LogP contribution in [-0.2, 0) is 0 Å². The van der Waals surface area contributed by atoms with E-state index in [1.54, 1.807) is 6.92 Å². The molecule has 1 aromatic rings. The molecule has 7 heteroatoms. The van der Waals surface area contributed by atoms with Gasteiger partial charge in [-0.05, 0) is 26.0 Å². The summed E-state index contributed by atoms with van der Waals surface area (Å²) in [7, 11) is 0. The predicted octanol–water partition coefficient (Wildman–Crippen LogP) is 2.91. The number of halogens is 1. The zero-order chi connectivity index (χ0) is 15.2. The number of nitrogens with one attached hydrogen (secondary N) is 1. The van der Waals surface area contributed by atoms with Crippen molar-refractivity contribution >= 4 is 17.3 Å². The van der Waals surface area contributed by atoms with Crippen LogP contribution in [0.3, 0.4) is 0 Å². The molecule has 1 unspecified atom stereocenters. The number of hydrogen-bond donors (Lipinski definition) is 1. The monoisotopic (exact) mass is 297 g/mol. The van der Waals surface area contributed by atoms with Crippen LogP contribution in [0.15, 0.2) is 18.2 Å². The third kappa shape index (κ3) is 4.37. The van der Waals surface area contributed by atoms with Crippen LogP contribution in [0.1, 0.15) is 20.3 Å².